The van der Waals surface area contributed by atoms with Crippen molar-refractivity contribution in [2.45, 2.75) is 36.0 Å². The largest absolute Gasteiger partial charge is 0.497 e. The predicted octanol–water partition coefficient (Wildman–Crippen LogP) is 3.43. The van der Waals surface area contributed by atoms with Crippen molar-refractivity contribution in [1.82, 2.24) is 0 Å². The number of ketones is 1. The Balaban J connectivity index is 1.97. The Morgan fingerprint density at radius 2 is 2.16 bits per heavy atom. The average Bonchev–Trinajstić information content (AvgIpc) is 2.42. The number of thioether (sulfide) groups is 2. The van der Waals surface area contributed by atoms with Gasteiger partial charge in [-0.15, -0.1) is 11.8 Å². The summed E-state index contributed by atoms with van der Waals surface area (Å²) >= 11 is 3.74. The molecule has 0 N–H and O–H groups in total. The molecule has 0 saturated carbocycles. The van der Waals surface area contributed by atoms with E-state index in [1.807, 2.05) is 47.8 Å². The molecule has 1 aromatic rings. The molecule has 3 atom stereocenters. The first-order valence-corrected chi connectivity index (χ1v) is 8.52. The fourth-order valence-electron chi connectivity index (χ4n) is 2.05. The number of Topliss-reactive ketones (excluding diaryl/α,β-unsaturated/α-hetero) is 1. The fourth-order valence-corrected chi connectivity index (χ4v) is 4.94. The van der Waals surface area contributed by atoms with E-state index in [9.17, 15) is 4.79 Å². The molecule has 19 heavy (non-hydrogen) atoms. The van der Waals surface area contributed by atoms with Crippen molar-refractivity contribution >= 4 is 29.3 Å². The Morgan fingerprint density at radius 3 is 2.84 bits per heavy atom. The van der Waals surface area contributed by atoms with E-state index in [0.29, 0.717) is 22.7 Å². The van der Waals surface area contributed by atoms with Gasteiger partial charge in [-0.1, -0.05) is 26.0 Å². The van der Waals surface area contributed by atoms with Crippen LogP contribution in [0.4, 0.5) is 0 Å². The first-order chi connectivity index (χ1) is 9.10. The van der Waals surface area contributed by atoms with Crippen LogP contribution < -0.4 is 4.74 Å². The molecule has 2 nitrogen and oxygen atoms in total. The third kappa shape index (κ3) is 3.93. The Kier molecular flexibility index (Phi) is 5.22. The Labute approximate surface area is 123 Å². The molecule has 3 unspecified atom stereocenters. The van der Waals surface area contributed by atoms with Crippen LogP contribution in [0.25, 0.3) is 0 Å². The third-order valence-electron chi connectivity index (χ3n) is 3.42. The van der Waals surface area contributed by atoms with Crippen LogP contribution in [-0.4, -0.2) is 34.4 Å². The summed E-state index contributed by atoms with van der Waals surface area (Å²) in [4.78, 5) is 12.3. The van der Waals surface area contributed by atoms with Crippen LogP contribution in [0.5, 0.6) is 5.75 Å². The van der Waals surface area contributed by atoms with Gasteiger partial charge in [0.15, 0.2) is 5.78 Å². The zero-order valence-corrected chi connectivity index (χ0v) is 13.2. The molecule has 0 spiro atoms. The van der Waals surface area contributed by atoms with Crippen LogP contribution in [0.3, 0.4) is 0 Å². The molecule has 0 radical (unpaired) electrons. The summed E-state index contributed by atoms with van der Waals surface area (Å²) in [5, 5.41) is 1.34. The first-order valence-electron chi connectivity index (χ1n) is 6.53. The van der Waals surface area contributed by atoms with E-state index in [1.54, 1.807) is 7.11 Å². The maximum atomic E-state index is 12.3. The lowest BCUT2D eigenvalue weighted by molar-refractivity contribution is -0.117. The topological polar surface area (TPSA) is 26.3 Å². The molecule has 1 saturated heterocycles. The molecule has 0 amide bonds. The number of methoxy groups -OCH3 is 1. The van der Waals surface area contributed by atoms with E-state index < -0.39 is 0 Å². The minimum Gasteiger partial charge on any atom is -0.497 e. The van der Waals surface area contributed by atoms with Gasteiger partial charge in [0.25, 0.3) is 0 Å². The van der Waals surface area contributed by atoms with Crippen molar-refractivity contribution in [2.24, 2.45) is 0 Å². The van der Waals surface area contributed by atoms with E-state index in [2.05, 4.69) is 13.8 Å². The quantitative estimate of drug-likeness (QED) is 0.850. The van der Waals surface area contributed by atoms with Crippen LogP contribution in [0.1, 0.15) is 19.4 Å². The van der Waals surface area contributed by atoms with Crippen LogP contribution in [0.15, 0.2) is 24.3 Å². The highest BCUT2D eigenvalue weighted by molar-refractivity contribution is 8.08. The van der Waals surface area contributed by atoms with E-state index in [-0.39, 0.29) is 5.25 Å². The molecule has 1 heterocycles. The molecule has 0 aromatic heterocycles. The van der Waals surface area contributed by atoms with Gasteiger partial charge < -0.3 is 4.74 Å². The molecular formula is C15H20O2S2. The van der Waals surface area contributed by atoms with Gasteiger partial charge in [-0.2, -0.15) is 11.8 Å². The van der Waals surface area contributed by atoms with Crippen molar-refractivity contribution in [2.75, 3.05) is 12.9 Å². The number of rotatable bonds is 4. The van der Waals surface area contributed by atoms with Gasteiger partial charge in [0.2, 0.25) is 0 Å². The Hall–Kier alpha value is -0.610. The molecule has 2 rings (SSSR count). The minimum atomic E-state index is 0.141. The van der Waals surface area contributed by atoms with Crippen LogP contribution in [0.2, 0.25) is 0 Å². The maximum Gasteiger partial charge on any atom is 0.151 e. The maximum absolute atomic E-state index is 12.3. The van der Waals surface area contributed by atoms with Gasteiger partial charge in [-0.3, -0.25) is 4.79 Å². The molecule has 0 bridgehead atoms. The molecule has 4 heteroatoms. The van der Waals surface area contributed by atoms with E-state index in [1.165, 1.54) is 0 Å². The van der Waals surface area contributed by atoms with Crippen LogP contribution >= 0.6 is 23.5 Å². The van der Waals surface area contributed by atoms with Crippen molar-refractivity contribution in [3.8, 4) is 5.75 Å². The number of carbonyl (C=O) groups is 1. The smallest absolute Gasteiger partial charge is 0.151 e. The SMILES string of the molecule is COc1cccc(CC(=O)C2CSC(C)C(C)S2)c1. The van der Waals surface area contributed by atoms with E-state index in [0.717, 1.165) is 17.1 Å². The number of hydrogen-bond acceptors (Lipinski definition) is 4. The summed E-state index contributed by atoms with van der Waals surface area (Å²) in [6.45, 7) is 4.46. The zero-order valence-electron chi connectivity index (χ0n) is 11.6. The summed E-state index contributed by atoms with van der Waals surface area (Å²) in [7, 11) is 1.65. The molecular weight excluding hydrogens is 276 g/mol. The molecule has 1 aromatic carbocycles. The number of carbonyl (C=O) groups excluding carboxylic acids is 1. The zero-order chi connectivity index (χ0) is 13.8. The van der Waals surface area contributed by atoms with Gasteiger partial charge in [0.05, 0.1) is 12.4 Å². The Morgan fingerprint density at radius 1 is 1.37 bits per heavy atom. The molecule has 1 aliphatic rings. The van der Waals surface area contributed by atoms with Crippen molar-refractivity contribution < 1.29 is 9.53 Å². The van der Waals surface area contributed by atoms with E-state index >= 15 is 0 Å². The highest BCUT2D eigenvalue weighted by Crippen LogP contribution is 2.36. The lowest BCUT2D eigenvalue weighted by Gasteiger charge is -2.30. The van der Waals surface area contributed by atoms with Gasteiger partial charge in [-0.05, 0) is 17.7 Å². The summed E-state index contributed by atoms with van der Waals surface area (Å²) in [5.41, 5.74) is 1.04. The Bertz CT molecular complexity index is 448. The second-order valence-corrected chi connectivity index (χ2v) is 7.86. The average molecular weight is 296 g/mol. The summed E-state index contributed by atoms with van der Waals surface area (Å²) in [5.74, 6) is 2.10. The summed E-state index contributed by atoms with van der Waals surface area (Å²) in [6.07, 6.45) is 0.510. The third-order valence-corrected chi connectivity index (χ3v) is 6.86. The van der Waals surface area contributed by atoms with Gasteiger partial charge in [0, 0.05) is 22.7 Å². The molecule has 104 valence electrons. The summed E-state index contributed by atoms with van der Waals surface area (Å²) < 4.78 is 5.19. The summed E-state index contributed by atoms with van der Waals surface area (Å²) in [6, 6.07) is 7.79. The standard InChI is InChI=1S/C15H20O2S2/c1-10-11(2)19-15(9-18-10)14(16)8-12-5-4-6-13(7-12)17-3/h4-7,10-11,15H,8-9H2,1-3H3. The van der Waals surface area contributed by atoms with Crippen molar-refractivity contribution in [3.05, 3.63) is 29.8 Å². The predicted molar refractivity (Wildman–Crippen MR) is 84.5 cm³/mol. The van der Waals surface area contributed by atoms with Crippen molar-refractivity contribution in [3.63, 3.8) is 0 Å². The lowest BCUT2D eigenvalue weighted by atomic mass is 10.1. The first kappa shape index (κ1) is 14.8. The lowest BCUT2D eigenvalue weighted by Crippen LogP contribution is -2.32. The molecule has 0 aliphatic carbocycles. The van der Waals surface area contributed by atoms with Crippen LogP contribution in [-0.2, 0) is 11.2 Å². The number of benzene rings is 1. The normalized spacial score (nSPS) is 27.0. The molecule has 1 aliphatic heterocycles. The minimum absolute atomic E-state index is 0.141. The van der Waals surface area contributed by atoms with Crippen LogP contribution in [0, 0.1) is 0 Å². The monoisotopic (exact) mass is 296 g/mol. The van der Waals surface area contributed by atoms with Gasteiger partial charge in [-0.25, -0.2) is 0 Å². The number of ether oxygens (including phenoxy) is 1. The van der Waals surface area contributed by atoms with E-state index in [4.69, 9.17) is 4.74 Å². The van der Waals surface area contributed by atoms with Crippen molar-refractivity contribution in [1.29, 1.82) is 0 Å². The highest BCUT2D eigenvalue weighted by atomic mass is 32.2. The second-order valence-electron chi connectivity index (χ2n) is 4.86. The highest BCUT2D eigenvalue weighted by Gasteiger charge is 2.30. The number of hydrogen-bond donors (Lipinski definition) is 0. The fraction of sp³-hybridized carbons (Fsp3) is 0.533. The van der Waals surface area contributed by atoms with Gasteiger partial charge >= 0.3 is 0 Å². The molecule has 1 fully saturated rings. The van der Waals surface area contributed by atoms with Gasteiger partial charge in [0.1, 0.15) is 5.75 Å². The second kappa shape index (κ2) is 6.71.